The third kappa shape index (κ3) is 2.51. The zero-order chi connectivity index (χ0) is 14.8. The molecule has 1 aromatic heterocycles. The summed E-state index contributed by atoms with van der Waals surface area (Å²) < 4.78 is 15.3. The van der Waals surface area contributed by atoms with E-state index in [0.717, 1.165) is 16.5 Å². The van der Waals surface area contributed by atoms with Gasteiger partial charge in [-0.05, 0) is 52.9 Å². The molecule has 0 spiro atoms. The molecule has 3 rings (SSSR count). The van der Waals surface area contributed by atoms with E-state index in [1.807, 2.05) is 35.0 Å². The summed E-state index contributed by atoms with van der Waals surface area (Å²) in [5.74, 6) is -0.344. The molecule has 0 aliphatic rings. The first-order valence-corrected chi connectivity index (χ1v) is 6.58. The first-order valence-electron chi connectivity index (χ1n) is 6.58. The standard InChI is InChI=1S/C17H13FN2O/c18-16-3-2-14(9-19)15(8-16)10-20-6-5-13-7-12(11-21)1-4-17(13)20/h1-8,21H,10-11H2. The maximum absolute atomic E-state index is 13.4. The van der Waals surface area contributed by atoms with Crippen molar-refractivity contribution in [3.05, 3.63) is 71.2 Å². The largest absolute Gasteiger partial charge is 0.392 e. The molecule has 0 radical (unpaired) electrons. The molecule has 0 aliphatic carbocycles. The molecule has 2 aromatic carbocycles. The number of aliphatic hydroxyl groups is 1. The highest BCUT2D eigenvalue weighted by atomic mass is 19.1. The van der Waals surface area contributed by atoms with Gasteiger partial charge in [0.25, 0.3) is 0 Å². The molecule has 4 heteroatoms. The minimum absolute atomic E-state index is 0.00357. The minimum atomic E-state index is -0.344. The molecule has 0 aliphatic heterocycles. The zero-order valence-electron chi connectivity index (χ0n) is 11.3. The van der Waals surface area contributed by atoms with Crippen molar-refractivity contribution in [3.63, 3.8) is 0 Å². The fourth-order valence-corrected chi connectivity index (χ4v) is 2.47. The molecular formula is C17H13FN2O. The highest BCUT2D eigenvalue weighted by Gasteiger charge is 2.07. The number of rotatable bonds is 3. The van der Waals surface area contributed by atoms with Crippen molar-refractivity contribution in [2.45, 2.75) is 13.2 Å². The Bertz CT molecular complexity index is 846. The first kappa shape index (κ1) is 13.3. The van der Waals surface area contributed by atoms with Gasteiger partial charge in [0.1, 0.15) is 5.82 Å². The number of hydrogen-bond acceptors (Lipinski definition) is 2. The Hall–Kier alpha value is -2.64. The van der Waals surface area contributed by atoms with E-state index in [4.69, 9.17) is 10.4 Å². The van der Waals surface area contributed by atoms with Gasteiger partial charge in [0, 0.05) is 18.3 Å². The van der Waals surface area contributed by atoms with Crippen molar-refractivity contribution < 1.29 is 9.50 Å². The fourth-order valence-electron chi connectivity index (χ4n) is 2.47. The summed E-state index contributed by atoms with van der Waals surface area (Å²) in [6.07, 6.45) is 1.90. The molecule has 0 amide bonds. The average molecular weight is 280 g/mol. The predicted octanol–water partition coefficient (Wildman–Crippen LogP) is 3.19. The summed E-state index contributed by atoms with van der Waals surface area (Å²) in [4.78, 5) is 0. The van der Waals surface area contributed by atoms with Crippen molar-refractivity contribution in [3.8, 4) is 6.07 Å². The van der Waals surface area contributed by atoms with E-state index in [1.165, 1.54) is 18.2 Å². The van der Waals surface area contributed by atoms with Crippen LogP contribution in [-0.4, -0.2) is 9.67 Å². The van der Waals surface area contributed by atoms with Crippen LogP contribution < -0.4 is 0 Å². The third-order valence-electron chi connectivity index (χ3n) is 3.55. The van der Waals surface area contributed by atoms with Crippen LogP contribution in [0, 0.1) is 17.1 Å². The Morgan fingerprint density at radius 1 is 1.14 bits per heavy atom. The Balaban J connectivity index is 2.03. The number of benzene rings is 2. The summed E-state index contributed by atoms with van der Waals surface area (Å²) >= 11 is 0. The second kappa shape index (κ2) is 5.39. The van der Waals surface area contributed by atoms with Crippen molar-refractivity contribution in [2.75, 3.05) is 0 Å². The van der Waals surface area contributed by atoms with Crippen molar-refractivity contribution in [2.24, 2.45) is 0 Å². The number of fused-ring (bicyclic) bond motifs is 1. The summed E-state index contributed by atoms with van der Waals surface area (Å²) in [5.41, 5.74) is 2.97. The lowest BCUT2D eigenvalue weighted by atomic mass is 10.1. The Labute approximate surface area is 121 Å². The second-order valence-electron chi connectivity index (χ2n) is 4.91. The van der Waals surface area contributed by atoms with E-state index in [2.05, 4.69) is 6.07 Å². The molecule has 0 bridgehead atoms. The number of nitriles is 1. The Kier molecular flexibility index (Phi) is 3.43. The molecule has 21 heavy (non-hydrogen) atoms. The summed E-state index contributed by atoms with van der Waals surface area (Å²) in [5, 5.41) is 19.3. The normalized spacial score (nSPS) is 10.7. The molecule has 1 N–H and O–H groups in total. The lowest BCUT2D eigenvalue weighted by Crippen LogP contribution is -2.01. The van der Waals surface area contributed by atoms with E-state index in [9.17, 15) is 4.39 Å². The van der Waals surface area contributed by atoms with Gasteiger partial charge in [-0.15, -0.1) is 0 Å². The van der Waals surface area contributed by atoms with E-state index >= 15 is 0 Å². The van der Waals surface area contributed by atoms with Crippen LogP contribution in [0.1, 0.15) is 16.7 Å². The number of hydrogen-bond donors (Lipinski definition) is 1. The van der Waals surface area contributed by atoms with Gasteiger partial charge >= 0.3 is 0 Å². The van der Waals surface area contributed by atoms with E-state index in [0.29, 0.717) is 17.7 Å². The Morgan fingerprint density at radius 3 is 2.76 bits per heavy atom. The topological polar surface area (TPSA) is 49.0 Å². The van der Waals surface area contributed by atoms with Gasteiger partial charge in [0.15, 0.2) is 0 Å². The van der Waals surface area contributed by atoms with Crippen LogP contribution in [0.5, 0.6) is 0 Å². The number of aliphatic hydroxyl groups excluding tert-OH is 1. The summed E-state index contributed by atoms with van der Waals surface area (Å²) in [7, 11) is 0. The maximum atomic E-state index is 13.4. The molecule has 104 valence electrons. The van der Waals surface area contributed by atoms with E-state index in [1.54, 1.807) is 0 Å². The van der Waals surface area contributed by atoms with Gasteiger partial charge in [-0.1, -0.05) is 6.07 Å². The fraction of sp³-hybridized carbons (Fsp3) is 0.118. The third-order valence-corrected chi connectivity index (χ3v) is 3.55. The average Bonchev–Trinajstić information content (AvgIpc) is 2.90. The van der Waals surface area contributed by atoms with Crippen LogP contribution >= 0.6 is 0 Å². The van der Waals surface area contributed by atoms with Gasteiger partial charge in [0.2, 0.25) is 0 Å². The van der Waals surface area contributed by atoms with Crippen molar-refractivity contribution in [1.29, 1.82) is 5.26 Å². The quantitative estimate of drug-likeness (QED) is 0.801. The molecule has 3 aromatic rings. The second-order valence-corrected chi connectivity index (χ2v) is 4.91. The zero-order valence-corrected chi connectivity index (χ0v) is 11.3. The summed E-state index contributed by atoms with van der Waals surface area (Å²) in [6, 6.07) is 13.9. The lowest BCUT2D eigenvalue weighted by molar-refractivity contribution is 0.282. The smallest absolute Gasteiger partial charge is 0.123 e. The van der Waals surface area contributed by atoms with E-state index < -0.39 is 0 Å². The van der Waals surface area contributed by atoms with Crippen LogP contribution in [0.25, 0.3) is 10.9 Å². The molecule has 0 fully saturated rings. The number of halogens is 1. The molecule has 3 nitrogen and oxygen atoms in total. The Morgan fingerprint density at radius 2 is 2.00 bits per heavy atom. The minimum Gasteiger partial charge on any atom is -0.392 e. The molecule has 0 saturated carbocycles. The first-order chi connectivity index (χ1) is 10.2. The highest BCUT2D eigenvalue weighted by molar-refractivity contribution is 5.81. The van der Waals surface area contributed by atoms with Crippen molar-refractivity contribution >= 4 is 10.9 Å². The van der Waals surface area contributed by atoms with Crippen LogP contribution in [0.2, 0.25) is 0 Å². The molecular weight excluding hydrogens is 267 g/mol. The van der Waals surface area contributed by atoms with E-state index in [-0.39, 0.29) is 12.4 Å². The molecule has 0 saturated heterocycles. The predicted molar refractivity (Wildman–Crippen MR) is 78.1 cm³/mol. The van der Waals surface area contributed by atoms with Gasteiger partial charge in [0.05, 0.1) is 18.2 Å². The highest BCUT2D eigenvalue weighted by Crippen LogP contribution is 2.20. The van der Waals surface area contributed by atoms with Crippen LogP contribution in [-0.2, 0) is 13.2 Å². The van der Waals surface area contributed by atoms with Gasteiger partial charge < -0.3 is 9.67 Å². The van der Waals surface area contributed by atoms with Crippen LogP contribution in [0.15, 0.2) is 48.7 Å². The lowest BCUT2D eigenvalue weighted by Gasteiger charge is -2.08. The van der Waals surface area contributed by atoms with Gasteiger partial charge in [-0.2, -0.15) is 5.26 Å². The van der Waals surface area contributed by atoms with Gasteiger partial charge in [-0.25, -0.2) is 4.39 Å². The maximum Gasteiger partial charge on any atom is 0.123 e. The number of aromatic nitrogens is 1. The van der Waals surface area contributed by atoms with Crippen LogP contribution in [0.4, 0.5) is 4.39 Å². The molecule has 1 heterocycles. The molecule has 0 unspecified atom stereocenters. The SMILES string of the molecule is N#Cc1ccc(F)cc1Cn1ccc2cc(CO)ccc21. The summed E-state index contributed by atoms with van der Waals surface area (Å²) in [6.45, 7) is 0.437. The molecule has 0 atom stereocenters. The van der Waals surface area contributed by atoms with Gasteiger partial charge in [-0.3, -0.25) is 0 Å². The monoisotopic (exact) mass is 280 g/mol. The van der Waals surface area contributed by atoms with Crippen LogP contribution in [0.3, 0.4) is 0 Å². The number of nitrogens with zero attached hydrogens (tertiary/aromatic N) is 2. The van der Waals surface area contributed by atoms with Crippen molar-refractivity contribution in [1.82, 2.24) is 4.57 Å².